The molecule has 2 aliphatic rings. The normalized spacial score (nSPS) is 18.6. The molecule has 204 valence electrons. The molecule has 0 radical (unpaired) electrons. The van der Waals surface area contributed by atoms with Gasteiger partial charge in [0.25, 0.3) is 11.5 Å². The molecule has 2 aromatic carbocycles. The van der Waals surface area contributed by atoms with Crippen LogP contribution in [0.4, 0.5) is 17.1 Å². The van der Waals surface area contributed by atoms with Gasteiger partial charge >= 0.3 is 0 Å². The molecule has 0 saturated carbocycles. The summed E-state index contributed by atoms with van der Waals surface area (Å²) in [6.07, 6.45) is 1.94. The molecule has 8 heteroatoms. The third kappa shape index (κ3) is 6.01. The smallest absolute Gasteiger partial charge is 0.251 e. The van der Waals surface area contributed by atoms with Gasteiger partial charge in [0.05, 0.1) is 11.4 Å². The van der Waals surface area contributed by atoms with Crippen LogP contribution in [0.15, 0.2) is 59.4 Å². The maximum Gasteiger partial charge on any atom is 0.251 e. The van der Waals surface area contributed by atoms with E-state index in [1.165, 1.54) is 0 Å². The molecule has 0 aliphatic carbocycles. The van der Waals surface area contributed by atoms with Gasteiger partial charge in [-0.25, -0.2) is 0 Å². The Kier molecular flexibility index (Phi) is 7.75. The van der Waals surface area contributed by atoms with E-state index in [4.69, 9.17) is 12.2 Å². The summed E-state index contributed by atoms with van der Waals surface area (Å²) in [6, 6.07) is 17.7. The summed E-state index contributed by atoms with van der Waals surface area (Å²) in [5.41, 5.74) is 6.80. The van der Waals surface area contributed by atoms with Crippen LogP contribution in [0.1, 0.15) is 59.8 Å². The Morgan fingerprint density at radius 3 is 2.54 bits per heavy atom. The van der Waals surface area contributed by atoms with Gasteiger partial charge in [0.15, 0.2) is 5.11 Å². The van der Waals surface area contributed by atoms with E-state index in [0.29, 0.717) is 16.6 Å². The highest BCUT2D eigenvalue weighted by atomic mass is 32.1. The quantitative estimate of drug-likeness (QED) is 0.360. The fraction of sp³-hybridized carbons (Fsp3) is 0.387. The van der Waals surface area contributed by atoms with Crippen molar-refractivity contribution < 1.29 is 4.79 Å². The van der Waals surface area contributed by atoms with Gasteiger partial charge in [-0.05, 0) is 99.3 Å². The van der Waals surface area contributed by atoms with Crippen molar-refractivity contribution in [2.24, 2.45) is 5.92 Å². The van der Waals surface area contributed by atoms with Gasteiger partial charge in [-0.3, -0.25) is 9.59 Å². The lowest BCUT2D eigenvalue weighted by Crippen LogP contribution is -2.47. The minimum Gasteiger partial charge on any atom is -0.369 e. The number of pyridine rings is 1. The van der Waals surface area contributed by atoms with Crippen LogP contribution in [-0.4, -0.2) is 34.7 Å². The van der Waals surface area contributed by atoms with E-state index < -0.39 is 0 Å². The van der Waals surface area contributed by atoms with Crippen molar-refractivity contribution in [2.75, 3.05) is 28.6 Å². The van der Waals surface area contributed by atoms with Crippen LogP contribution < -0.4 is 26.4 Å². The zero-order valence-corrected chi connectivity index (χ0v) is 23.9. The first-order valence-corrected chi connectivity index (χ1v) is 14.2. The van der Waals surface area contributed by atoms with Crippen molar-refractivity contribution >= 4 is 40.3 Å². The van der Waals surface area contributed by atoms with E-state index in [2.05, 4.69) is 65.9 Å². The van der Waals surface area contributed by atoms with Gasteiger partial charge in [0, 0.05) is 54.6 Å². The van der Waals surface area contributed by atoms with Crippen molar-refractivity contribution in [3.63, 3.8) is 0 Å². The molecule has 2 aliphatic heterocycles. The Morgan fingerprint density at radius 1 is 1.03 bits per heavy atom. The fourth-order valence-electron chi connectivity index (χ4n) is 5.89. The summed E-state index contributed by atoms with van der Waals surface area (Å²) >= 11 is 5.73. The summed E-state index contributed by atoms with van der Waals surface area (Å²) in [5.74, 6) is 0.543. The van der Waals surface area contributed by atoms with Crippen molar-refractivity contribution in [1.82, 2.24) is 9.88 Å². The SMILES string of the molecule is CCC(C)NC(=O)c1ccc(N2CC3CC(C2)c2cccc(=O)n2C3)c(NC(=S)Nc2cc(C)cc(C)c2)c1. The number of anilines is 3. The molecule has 3 atom stereocenters. The number of carbonyl (C=O) groups excluding carboxylic acids is 1. The number of fused-ring (bicyclic) bond motifs is 4. The van der Waals surface area contributed by atoms with Crippen LogP contribution in [0.2, 0.25) is 0 Å². The molecule has 3 heterocycles. The molecule has 1 fully saturated rings. The summed E-state index contributed by atoms with van der Waals surface area (Å²) < 4.78 is 1.94. The number of piperidine rings is 1. The largest absolute Gasteiger partial charge is 0.369 e. The predicted octanol–water partition coefficient (Wildman–Crippen LogP) is 5.43. The molecule has 1 amide bonds. The monoisotopic (exact) mass is 543 g/mol. The number of aromatic nitrogens is 1. The summed E-state index contributed by atoms with van der Waals surface area (Å²) in [7, 11) is 0. The average Bonchev–Trinajstić information content (AvgIpc) is 2.88. The van der Waals surface area contributed by atoms with Crippen LogP contribution in [0, 0.1) is 19.8 Å². The number of hydrogen-bond acceptors (Lipinski definition) is 4. The number of benzene rings is 2. The Morgan fingerprint density at radius 2 is 1.79 bits per heavy atom. The Balaban J connectivity index is 1.44. The van der Waals surface area contributed by atoms with Crippen LogP contribution in [0.5, 0.6) is 0 Å². The molecule has 1 saturated heterocycles. The Bertz CT molecular complexity index is 1450. The second-order valence-electron chi connectivity index (χ2n) is 11.1. The van der Waals surface area contributed by atoms with Crippen LogP contribution in [0.3, 0.4) is 0 Å². The third-order valence-electron chi connectivity index (χ3n) is 7.80. The lowest BCUT2D eigenvalue weighted by atomic mass is 9.83. The molecule has 39 heavy (non-hydrogen) atoms. The predicted molar refractivity (Wildman–Crippen MR) is 163 cm³/mol. The first-order valence-electron chi connectivity index (χ1n) is 13.8. The molecular formula is C31H37N5O2S. The van der Waals surface area contributed by atoms with Gasteiger partial charge in [-0.2, -0.15) is 0 Å². The van der Waals surface area contributed by atoms with E-state index >= 15 is 0 Å². The highest BCUT2D eigenvalue weighted by molar-refractivity contribution is 7.80. The lowest BCUT2D eigenvalue weighted by molar-refractivity contribution is 0.0939. The summed E-state index contributed by atoms with van der Waals surface area (Å²) in [5, 5.41) is 10.2. The van der Waals surface area contributed by atoms with Gasteiger partial charge in [-0.1, -0.05) is 19.1 Å². The number of amides is 1. The molecule has 1 aromatic heterocycles. The number of rotatable bonds is 6. The van der Waals surface area contributed by atoms with E-state index in [0.717, 1.165) is 66.4 Å². The summed E-state index contributed by atoms with van der Waals surface area (Å²) in [6.45, 7) is 10.5. The molecular weight excluding hydrogens is 506 g/mol. The standard InChI is InChI=1S/C31H37N5O2S/c1-5-21(4)32-30(38)23-9-10-28(26(15-23)34-31(39)33-25-12-19(2)11-20(3)13-25)35-16-22-14-24(18-35)27-7-6-8-29(37)36(27)17-22/h6-13,15,21-22,24H,5,14,16-18H2,1-4H3,(H,32,38)(H2,33,34,39). The Labute approximate surface area is 235 Å². The maximum atomic E-state index is 13.0. The second kappa shape index (κ2) is 11.2. The second-order valence-corrected chi connectivity index (χ2v) is 11.5. The Hall–Kier alpha value is -3.65. The van der Waals surface area contributed by atoms with Crippen molar-refractivity contribution in [2.45, 2.75) is 59.0 Å². The van der Waals surface area contributed by atoms with Crippen molar-refractivity contribution in [3.8, 4) is 0 Å². The van der Waals surface area contributed by atoms with Gasteiger partial charge in [-0.15, -0.1) is 0 Å². The third-order valence-corrected chi connectivity index (χ3v) is 8.00. The van der Waals surface area contributed by atoms with Gasteiger partial charge in [0.1, 0.15) is 0 Å². The number of nitrogens with zero attached hydrogens (tertiary/aromatic N) is 2. The van der Waals surface area contributed by atoms with Gasteiger partial charge < -0.3 is 25.4 Å². The lowest BCUT2D eigenvalue weighted by Gasteiger charge is -2.44. The molecule has 3 aromatic rings. The van der Waals surface area contributed by atoms with Crippen molar-refractivity contribution in [1.29, 1.82) is 0 Å². The minimum absolute atomic E-state index is 0.0810. The first-order chi connectivity index (χ1) is 18.7. The number of hydrogen-bond donors (Lipinski definition) is 3. The zero-order chi connectivity index (χ0) is 27.7. The van der Waals surface area contributed by atoms with E-state index in [-0.39, 0.29) is 23.4 Å². The number of nitrogens with one attached hydrogen (secondary N) is 3. The number of thiocarbonyl (C=S) groups is 1. The average molecular weight is 544 g/mol. The highest BCUT2D eigenvalue weighted by Gasteiger charge is 2.35. The minimum atomic E-state index is -0.101. The first kappa shape index (κ1) is 26.9. The van der Waals surface area contributed by atoms with E-state index in [9.17, 15) is 9.59 Å². The molecule has 3 unspecified atom stereocenters. The van der Waals surface area contributed by atoms with Crippen LogP contribution in [0.25, 0.3) is 0 Å². The fourth-order valence-corrected chi connectivity index (χ4v) is 6.11. The van der Waals surface area contributed by atoms with E-state index in [1.807, 2.05) is 35.8 Å². The van der Waals surface area contributed by atoms with Crippen molar-refractivity contribution in [3.05, 3.63) is 87.3 Å². The maximum absolute atomic E-state index is 13.0. The highest BCUT2D eigenvalue weighted by Crippen LogP contribution is 2.39. The van der Waals surface area contributed by atoms with Gasteiger partial charge in [0.2, 0.25) is 0 Å². The molecule has 0 spiro atoms. The molecule has 5 rings (SSSR count). The molecule has 2 bridgehead atoms. The summed E-state index contributed by atoms with van der Waals surface area (Å²) in [4.78, 5) is 27.9. The molecule has 3 N–H and O–H groups in total. The van der Waals surface area contributed by atoms with Crippen LogP contribution >= 0.6 is 12.2 Å². The number of aryl methyl sites for hydroxylation is 2. The molecule has 7 nitrogen and oxygen atoms in total. The number of carbonyl (C=O) groups is 1. The zero-order valence-electron chi connectivity index (χ0n) is 23.1. The van der Waals surface area contributed by atoms with E-state index in [1.54, 1.807) is 6.07 Å². The van der Waals surface area contributed by atoms with Crippen LogP contribution in [-0.2, 0) is 6.54 Å². The topological polar surface area (TPSA) is 78.4 Å².